The van der Waals surface area contributed by atoms with E-state index in [-0.39, 0.29) is 0 Å². The van der Waals surface area contributed by atoms with Crippen LogP contribution in [0.1, 0.15) is 12.5 Å². The maximum atomic E-state index is 6.11. The molecule has 2 aromatic heterocycles. The van der Waals surface area contributed by atoms with Gasteiger partial charge in [-0.2, -0.15) is 0 Å². The summed E-state index contributed by atoms with van der Waals surface area (Å²) in [6.07, 6.45) is 0. The number of rotatable bonds is 6. The molecule has 0 aliphatic carbocycles. The first-order valence-corrected chi connectivity index (χ1v) is 11.1. The van der Waals surface area contributed by atoms with Crippen molar-refractivity contribution >= 4 is 46.5 Å². The highest BCUT2D eigenvalue weighted by atomic mass is 35.5. The summed E-state index contributed by atoms with van der Waals surface area (Å²) in [5.41, 5.74) is 2.92. The molecule has 4 aromatic rings. The van der Waals surface area contributed by atoms with Crippen LogP contribution in [0.4, 0.5) is 0 Å². The molecule has 5 nitrogen and oxygen atoms in total. The molecule has 4 rings (SSSR count). The number of thioether (sulfide) groups is 1. The van der Waals surface area contributed by atoms with Crippen LogP contribution in [0.3, 0.4) is 0 Å². The van der Waals surface area contributed by atoms with Crippen molar-refractivity contribution in [1.82, 2.24) is 24.4 Å². The van der Waals surface area contributed by atoms with Crippen LogP contribution in [0.5, 0.6) is 0 Å². The van der Waals surface area contributed by atoms with E-state index in [0.717, 1.165) is 45.0 Å². The molecule has 0 spiro atoms. The molecule has 0 bridgehead atoms. The van der Waals surface area contributed by atoms with Crippen molar-refractivity contribution in [2.75, 3.05) is 0 Å². The Morgan fingerprint density at radius 2 is 1.82 bits per heavy atom. The molecular weight excluding hydrogens is 433 g/mol. The average Bonchev–Trinajstić information content (AvgIpc) is 3.35. The van der Waals surface area contributed by atoms with Gasteiger partial charge in [-0.05, 0) is 36.2 Å². The Morgan fingerprint density at radius 3 is 2.57 bits per heavy atom. The first-order valence-electron chi connectivity index (χ1n) is 8.55. The molecule has 142 valence electrons. The van der Waals surface area contributed by atoms with Crippen LogP contribution in [0.25, 0.3) is 22.0 Å². The molecule has 0 radical (unpaired) electrons. The van der Waals surface area contributed by atoms with Gasteiger partial charge in [0.15, 0.2) is 11.0 Å². The molecule has 0 fully saturated rings. The van der Waals surface area contributed by atoms with E-state index >= 15 is 0 Å². The summed E-state index contributed by atoms with van der Waals surface area (Å²) >= 11 is 15.1. The largest absolute Gasteiger partial charge is 0.302 e. The van der Waals surface area contributed by atoms with Crippen LogP contribution in [-0.2, 0) is 12.3 Å². The quantitative estimate of drug-likeness (QED) is 0.335. The predicted molar refractivity (Wildman–Crippen MR) is 116 cm³/mol. The van der Waals surface area contributed by atoms with Crippen molar-refractivity contribution in [1.29, 1.82) is 0 Å². The fourth-order valence-electron chi connectivity index (χ4n) is 2.75. The van der Waals surface area contributed by atoms with Crippen LogP contribution >= 0.6 is 46.5 Å². The Bertz CT molecular complexity index is 1090. The molecule has 0 aliphatic heterocycles. The van der Waals surface area contributed by atoms with Gasteiger partial charge in [0, 0.05) is 17.9 Å². The van der Waals surface area contributed by atoms with Gasteiger partial charge in [-0.1, -0.05) is 75.9 Å². The average molecular weight is 448 g/mol. The lowest BCUT2D eigenvalue weighted by Gasteiger charge is -2.07. The fourth-order valence-corrected chi connectivity index (χ4v) is 4.70. The number of hydrogen-bond acceptors (Lipinski definition) is 6. The van der Waals surface area contributed by atoms with Crippen molar-refractivity contribution < 1.29 is 0 Å². The van der Waals surface area contributed by atoms with Gasteiger partial charge in [0.25, 0.3) is 0 Å². The summed E-state index contributed by atoms with van der Waals surface area (Å²) in [5, 5.41) is 15.1. The van der Waals surface area contributed by atoms with Crippen LogP contribution in [0.2, 0.25) is 10.0 Å². The third-order valence-electron chi connectivity index (χ3n) is 4.12. The lowest BCUT2D eigenvalue weighted by Crippen LogP contribution is -2.00. The van der Waals surface area contributed by atoms with E-state index in [0.29, 0.717) is 10.0 Å². The Balaban J connectivity index is 1.62. The van der Waals surface area contributed by atoms with Crippen LogP contribution in [-0.4, -0.2) is 24.4 Å². The van der Waals surface area contributed by atoms with E-state index < -0.39 is 0 Å². The molecule has 0 atom stereocenters. The number of aromatic nitrogens is 5. The Morgan fingerprint density at radius 1 is 1.00 bits per heavy atom. The highest BCUT2D eigenvalue weighted by molar-refractivity contribution is 7.98. The van der Waals surface area contributed by atoms with Crippen molar-refractivity contribution in [3.05, 3.63) is 64.1 Å². The smallest absolute Gasteiger partial charge is 0.191 e. The second-order valence-electron chi connectivity index (χ2n) is 5.90. The fraction of sp³-hybridized carbons (Fsp3) is 0.158. The molecule has 0 saturated carbocycles. The third-order valence-corrected chi connectivity index (χ3v) is 6.62. The van der Waals surface area contributed by atoms with Crippen molar-refractivity contribution in [3.8, 4) is 22.0 Å². The van der Waals surface area contributed by atoms with E-state index in [9.17, 15) is 0 Å². The first-order chi connectivity index (χ1) is 13.7. The van der Waals surface area contributed by atoms with Gasteiger partial charge in [-0.3, -0.25) is 0 Å². The lowest BCUT2D eigenvalue weighted by atomic mass is 10.1. The number of benzene rings is 2. The van der Waals surface area contributed by atoms with Crippen LogP contribution in [0.15, 0.2) is 53.7 Å². The minimum atomic E-state index is 0.556. The number of hydrogen-bond donors (Lipinski definition) is 0. The highest BCUT2D eigenvalue weighted by Gasteiger charge is 2.20. The van der Waals surface area contributed by atoms with Gasteiger partial charge in [0.1, 0.15) is 10.6 Å². The van der Waals surface area contributed by atoms with Crippen LogP contribution < -0.4 is 0 Å². The number of nitrogens with zero attached hydrogens (tertiary/aromatic N) is 5. The molecule has 2 aromatic carbocycles. The molecule has 2 heterocycles. The molecule has 0 unspecified atom stereocenters. The van der Waals surface area contributed by atoms with Gasteiger partial charge in [-0.15, -0.1) is 15.3 Å². The zero-order valence-corrected chi connectivity index (χ0v) is 18.0. The van der Waals surface area contributed by atoms with E-state index in [1.807, 2.05) is 48.5 Å². The topological polar surface area (TPSA) is 56.5 Å². The summed E-state index contributed by atoms with van der Waals surface area (Å²) in [6.45, 7) is 2.82. The molecule has 0 saturated heterocycles. The second-order valence-corrected chi connectivity index (χ2v) is 8.42. The van der Waals surface area contributed by atoms with Crippen molar-refractivity contribution in [3.63, 3.8) is 0 Å². The van der Waals surface area contributed by atoms with Gasteiger partial charge in [-0.25, -0.2) is 0 Å². The SMILES string of the molecule is CCn1c(SCc2ccc(Cl)c(Cl)c2)nnc1-c1snnc1-c1ccccc1. The van der Waals surface area contributed by atoms with E-state index in [1.54, 1.807) is 11.8 Å². The summed E-state index contributed by atoms with van der Waals surface area (Å²) in [7, 11) is 0. The van der Waals surface area contributed by atoms with Crippen molar-refractivity contribution in [2.24, 2.45) is 0 Å². The monoisotopic (exact) mass is 447 g/mol. The van der Waals surface area contributed by atoms with Crippen LogP contribution in [0, 0.1) is 0 Å². The lowest BCUT2D eigenvalue weighted by molar-refractivity contribution is 0.688. The minimum absolute atomic E-state index is 0.556. The van der Waals surface area contributed by atoms with E-state index in [4.69, 9.17) is 23.2 Å². The first kappa shape index (κ1) is 19.4. The zero-order chi connectivity index (χ0) is 19.5. The van der Waals surface area contributed by atoms with Crippen molar-refractivity contribution in [2.45, 2.75) is 24.4 Å². The second kappa shape index (κ2) is 8.61. The molecule has 9 heteroatoms. The minimum Gasteiger partial charge on any atom is -0.302 e. The highest BCUT2D eigenvalue weighted by Crippen LogP contribution is 2.34. The predicted octanol–water partition coefficient (Wildman–Crippen LogP) is 6.08. The standard InChI is InChI=1S/C19H15Cl2N5S2/c1-2-26-18(17-16(22-25-28-17)13-6-4-3-5-7-13)23-24-19(26)27-11-12-8-9-14(20)15(21)10-12/h3-10H,2,11H2,1H3. The third kappa shape index (κ3) is 3.93. The maximum absolute atomic E-state index is 6.11. The molecule has 0 amide bonds. The van der Waals surface area contributed by atoms with E-state index in [1.165, 1.54) is 11.5 Å². The van der Waals surface area contributed by atoms with Gasteiger partial charge in [0.2, 0.25) is 0 Å². The zero-order valence-electron chi connectivity index (χ0n) is 14.8. The molecule has 0 aliphatic rings. The van der Waals surface area contributed by atoms with Gasteiger partial charge >= 0.3 is 0 Å². The number of halogens is 2. The molecular formula is C19H15Cl2N5S2. The van der Waals surface area contributed by atoms with Gasteiger partial charge < -0.3 is 4.57 Å². The maximum Gasteiger partial charge on any atom is 0.191 e. The Kier molecular flexibility index (Phi) is 5.96. The summed E-state index contributed by atoms with van der Waals surface area (Å²) in [6, 6.07) is 15.7. The summed E-state index contributed by atoms with van der Waals surface area (Å²) < 4.78 is 6.23. The Labute approximate surface area is 180 Å². The van der Waals surface area contributed by atoms with E-state index in [2.05, 4.69) is 31.3 Å². The molecule has 28 heavy (non-hydrogen) atoms. The summed E-state index contributed by atoms with van der Waals surface area (Å²) in [4.78, 5) is 0.918. The van der Waals surface area contributed by atoms with Gasteiger partial charge in [0.05, 0.1) is 10.0 Å². The Hall–Kier alpha value is -1.93. The normalized spacial score (nSPS) is 11.1. The summed E-state index contributed by atoms with van der Waals surface area (Å²) in [5.74, 6) is 1.51. The molecule has 0 N–H and O–H groups in total.